The number of benzene rings is 2. The molecule has 1 aliphatic heterocycles. The Balaban J connectivity index is 1.66. The van der Waals surface area contributed by atoms with Crippen LogP contribution in [-0.4, -0.2) is 35.3 Å². The van der Waals surface area contributed by atoms with E-state index in [1.54, 1.807) is 18.2 Å². The molecule has 2 amide bonds. The van der Waals surface area contributed by atoms with Crippen LogP contribution in [0.3, 0.4) is 0 Å². The molecule has 3 rings (SSSR count). The van der Waals surface area contributed by atoms with Crippen LogP contribution in [0.1, 0.15) is 49.5 Å². The molecule has 2 N–H and O–H groups in total. The molecule has 6 heteroatoms. The number of likely N-dealkylation sites (tertiary alicyclic amines) is 1. The van der Waals surface area contributed by atoms with Crippen LogP contribution in [0.25, 0.3) is 0 Å². The molecule has 0 saturated carbocycles. The Bertz CT molecular complexity index is 907. The van der Waals surface area contributed by atoms with Gasteiger partial charge >= 0.3 is 0 Å². The molecular formula is C24H30ClN3O2. The Morgan fingerprint density at radius 1 is 1.10 bits per heavy atom. The van der Waals surface area contributed by atoms with Crippen LogP contribution in [0, 0.1) is 5.92 Å². The van der Waals surface area contributed by atoms with Crippen molar-refractivity contribution in [1.29, 1.82) is 0 Å². The summed E-state index contributed by atoms with van der Waals surface area (Å²) in [5.74, 6) is -0.364. The minimum atomic E-state index is -0.350. The third-order valence-corrected chi connectivity index (χ3v) is 5.51. The largest absolute Gasteiger partial charge is 0.347 e. The van der Waals surface area contributed by atoms with Crippen LogP contribution in [0.4, 0.5) is 5.69 Å². The fraction of sp³-hybridized carbons (Fsp3) is 0.417. The number of hydrogen-bond acceptors (Lipinski definition) is 3. The van der Waals surface area contributed by atoms with Crippen molar-refractivity contribution in [2.75, 3.05) is 18.4 Å². The second kappa shape index (κ2) is 9.63. The smallest absolute Gasteiger partial charge is 0.253 e. The Hall–Kier alpha value is -2.37. The van der Waals surface area contributed by atoms with Crippen LogP contribution in [-0.2, 0) is 11.3 Å². The third kappa shape index (κ3) is 6.07. The summed E-state index contributed by atoms with van der Waals surface area (Å²) in [5.41, 5.74) is 1.75. The summed E-state index contributed by atoms with van der Waals surface area (Å²) in [7, 11) is 0. The van der Waals surface area contributed by atoms with Gasteiger partial charge in [-0.25, -0.2) is 0 Å². The molecule has 30 heavy (non-hydrogen) atoms. The zero-order valence-corrected chi connectivity index (χ0v) is 18.6. The van der Waals surface area contributed by atoms with E-state index in [0.29, 0.717) is 17.8 Å². The summed E-state index contributed by atoms with van der Waals surface area (Å²) < 4.78 is 0. The minimum absolute atomic E-state index is 0.0464. The lowest BCUT2D eigenvalue weighted by Crippen LogP contribution is -2.42. The van der Waals surface area contributed by atoms with E-state index in [1.165, 1.54) is 0 Å². The molecule has 0 aliphatic carbocycles. The number of halogens is 1. The first-order chi connectivity index (χ1) is 14.2. The van der Waals surface area contributed by atoms with Gasteiger partial charge in [0, 0.05) is 23.7 Å². The first kappa shape index (κ1) is 22.3. The second-order valence-corrected chi connectivity index (χ2v) is 9.31. The van der Waals surface area contributed by atoms with Crippen LogP contribution < -0.4 is 10.6 Å². The van der Waals surface area contributed by atoms with Crippen molar-refractivity contribution in [3.8, 4) is 0 Å². The predicted molar refractivity (Wildman–Crippen MR) is 122 cm³/mol. The molecule has 1 atom stereocenters. The number of hydrogen-bond donors (Lipinski definition) is 2. The van der Waals surface area contributed by atoms with E-state index in [2.05, 4.69) is 15.5 Å². The number of carbonyl (C=O) groups is 2. The third-order valence-electron chi connectivity index (χ3n) is 5.15. The number of nitrogens with zero attached hydrogens (tertiary/aromatic N) is 1. The minimum Gasteiger partial charge on any atom is -0.347 e. The number of amides is 2. The number of anilines is 1. The van der Waals surface area contributed by atoms with Crippen LogP contribution in [0.15, 0.2) is 48.5 Å². The van der Waals surface area contributed by atoms with Crippen LogP contribution in [0.2, 0.25) is 5.02 Å². The van der Waals surface area contributed by atoms with Crippen molar-refractivity contribution in [3.05, 3.63) is 64.7 Å². The molecule has 0 radical (unpaired) electrons. The maximum absolute atomic E-state index is 13.0. The monoisotopic (exact) mass is 427 g/mol. The van der Waals surface area contributed by atoms with E-state index in [9.17, 15) is 9.59 Å². The summed E-state index contributed by atoms with van der Waals surface area (Å²) >= 11 is 6.30. The summed E-state index contributed by atoms with van der Waals surface area (Å²) in [6.07, 6.45) is 1.79. The SMILES string of the molecule is CC(C)(C)NC(=O)c1ccccc1NC(=O)[C@H]1CCCN(Cc2ccccc2Cl)C1. The molecule has 0 bridgehead atoms. The zero-order chi connectivity index (χ0) is 21.7. The topological polar surface area (TPSA) is 61.4 Å². The van der Waals surface area contributed by atoms with Gasteiger partial charge in [-0.3, -0.25) is 14.5 Å². The van der Waals surface area contributed by atoms with E-state index in [1.807, 2.05) is 51.1 Å². The molecule has 0 spiro atoms. The van der Waals surface area contributed by atoms with Gasteiger partial charge in [-0.05, 0) is 63.9 Å². The highest BCUT2D eigenvalue weighted by atomic mass is 35.5. The average Bonchev–Trinajstić information content (AvgIpc) is 2.69. The summed E-state index contributed by atoms with van der Waals surface area (Å²) in [4.78, 5) is 27.9. The van der Waals surface area contributed by atoms with Crippen LogP contribution in [0.5, 0.6) is 0 Å². The predicted octanol–water partition coefficient (Wildman–Crippen LogP) is 4.72. The summed E-state index contributed by atoms with van der Waals surface area (Å²) in [6, 6.07) is 15.0. The van der Waals surface area contributed by atoms with Gasteiger partial charge in [-0.2, -0.15) is 0 Å². The summed E-state index contributed by atoms with van der Waals surface area (Å²) in [5, 5.41) is 6.70. The number of carbonyl (C=O) groups excluding carboxylic acids is 2. The molecule has 2 aromatic rings. The normalized spacial score (nSPS) is 17.4. The zero-order valence-electron chi connectivity index (χ0n) is 17.9. The van der Waals surface area contributed by atoms with E-state index < -0.39 is 0 Å². The standard InChI is InChI=1S/C24H30ClN3O2/c1-24(2,3)27-23(30)19-11-5-7-13-21(19)26-22(29)18-10-8-14-28(16-18)15-17-9-4-6-12-20(17)25/h4-7,9,11-13,18H,8,10,14-16H2,1-3H3,(H,26,29)(H,27,30)/t18-/m0/s1. The molecule has 1 aliphatic rings. The lowest BCUT2D eigenvalue weighted by molar-refractivity contribution is -0.121. The van der Waals surface area contributed by atoms with Gasteiger partial charge in [0.1, 0.15) is 0 Å². The van der Waals surface area contributed by atoms with Crippen molar-refractivity contribution in [1.82, 2.24) is 10.2 Å². The Labute approximate surface area is 183 Å². The molecule has 5 nitrogen and oxygen atoms in total. The van der Waals surface area contributed by atoms with Gasteiger partial charge < -0.3 is 10.6 Å². The van der Waals surface area contributed by atoms with Crippen molar-refractivity contribution < 1.29 is 9.59 Å². The molecule has 1 heterocycles. The van der Waals surface area contributed by atoms with Gasteiger partial charge in [-0.1, -0.05) is 41.9 Å². The van der Waals surface area contributed by atoms with Gasteiger partial charge in [0.2, 0.25) is 5.91 Å². The molecule has 1 fully saturated rings. The Morgan fingerprint density at radius 3 is 2.53 bits per heavy atom. The molecular weight excluding hydrogens is 398 g/mol. The highest BCUT2D eigenvalue weighted by molar-refractivity contribution is 6.31. The summed E-state index contributed by atoms with van der Waals surface area (Å²) in [6.45, 7) is 8.14. The van der Waals surface area contributed by atoms with Crippen molar-refractivity contribution >= 4 is 29.1 Å². The van der Waals surface area contributed by atoms with Crippen LogP contribution >= 0.6 is 11.6 Å². The first-order valence-corrected chi connectivity index (χ1v) is 10.8. The van der Waals surface area contributed by atoms with Gasteiger partial charge in [-0.15, -0.1) is 0 Å². The number of piperidine rings is 1. The molecule has 0 aromatic heterocycles. The van der Waals surface area contributed by atoms with Gasteiger partial charge in [0.05, 0.1) is 17.2 Å². The number of para-hydroxylation sites is 1. The Kier molecular flexibility index (Phi) is 7.16. The quantitative estimate of drug-likeness (QED) is 0.725. The van der Waals surface area contributed by atoms with E-state index in [0.717, 1.165) is 36.5 Å². The second-order valence-electron chi connectivity index (χ2n) is 8.90. The average molecular weight is 428 g/mol. The maximum Gasteiger partial charge on any atom is 0.253 e. The highest BCUT2D eigenvalue weighted by Gasteiger charge is 2.27. The van der Waals surface area contributed by atoms with E-state index in [-0.39, 0.29) is 23.3 Å². The van der Waals surface area contributed by atoms with E-state index >= 15 is 0 Å². The Morgan fingerprint density at radius 2 is 1.80 bits per heavy atom. The maximum atomic E-state index is 13.0. The molecule has 160 valence electrons. The van der Waals surface area contributed by atoms with E-state index in [4.69, 9.17) is 11.6 Å². The fourth-order valence-corrected chi connectivity index (χ4v) is 3.91. The van der Waals surface area contributed by atoms with Crippen molar-refractivity contribution in [2.24, 2.45) is 5.92 Å². The number of rotatable bonds is 5. The number of nitrogens with one attached hydrogen (secondary N) is 2. The molecule has 0 unspecified atom stereocenters. The van der Waals surface area contributed by atoms with Crippen molar-refractivity contribution in [2.45, 2.75) is 45.7 Å². The lowest BCUT2D eigenvalue weighted by atomic mass is 9.96. The fourth-order valence-electron chi connectivity index (χ4n) is 3.71. The first-order valence-electron chi connectivity index (χ1n) is 10.4. The van der Waals surface area contributed by atoms with Gasteiger partial charge in [0.25, 0.3) is 5.91 Å². The molecule has 2 aromatic carbocycles. The van der Waals surface area contributed by atoms with Gasteiger partial charge in [0.15, 0.2) is 0 Å². The van der Waals surface area contributed by atoms with Crippen molar-refractivity contribution in [3.63, 3.8) is 0 Å². The highest BCUT2D eigenvalue weighted by Crippen LogP contribution is 2.24. The lowest BCUT2D eigenvalue weighted by Gasteiger charge is -2.32. The molecule has 1 saturated heterocycles.